The molecule has 2 rings (SSSR count). The van der Waals surface area contributed by atoms with E-state index in [1.165, 1.54) is 44.6 Å². The van der Waals surface area contributed by atoms with Crippen LogP contribution in [-0.4, -0.2) is 22.5 Å². The Morgan fingerprint density at radius 1 is 1.16 bits per heavy atom. The molecule has 2 bridgehead atoms. The molecule has 0 aromatic rings. The van der Waals surface area contributed by atoms with Gasteiger partial charge in [0.2, 0.25) is 0 Å². The van der Waals surface area contributed by atoms with Crippen molar-refractivity contribution in [1.29, 1.82) is 0 Å². The smallest absolute Gasteiger partial charge is 0.321 e. The summed E-state index contributed by atoms with van der Waals surface area (Å²) in [5.41, 5.74) is 0. The van der Waals surface area contributed by atoms with Crippen LogP contribution < -0.4 is 0 Å². The molecule has 0 heterocycles. The van der Waals surface area contributed by atoms with Crippen LogP contribution in [-0.2, 0) is 8.85 Å². The van der Waals surface area contributed by atoms with Crippen molar-refractivity contribution in [1.82, 2.24) is 0 Å². The van der Waals surface area contributed by atoms with Gasteiger partial charge in [0.15, 0.2) is 0 Å². The summed E-state index contributed by atoms with van der Waals surface area (Å²) in [6.45, 7) is 8.44. The Balaban J connectivity index is 1.61. The largest absolute Gasteiger partial charge is 0.397 e. The van der Waals surface area contributed by atoms with E-state index in [2.05, 4.69) is 20.8 Å². The van der Waals surface area contributed by atoms with Crippen LogP contribution in [0.5, 0.6) is 0 Å². The van der Waals surface area contributed by atoms with Gasteiger partial charge in [-0.1, -0.05) is 20.3 Å². The van der Waals surface area contributed by atoms with Crippen molar-refractivity contribution in [3.63, 3.8) is 0 Å². The highest BCUT2D eigenvalue weighted by Gasteiger charge is 2.38. The molecule has 0 aromatic carbocycles. The molecule has 0 saturated heterocycles. The summed E-state index contributed by atoms with van der Waals surface area (Å²) in [6, 6.07) is 1.18. The van der Waals surface area contributed by atoms with Gasteiger partial charge in [0, 0.05) is 13.2 Å². The molecule has 3 heteroatoms. The van der Waals surface area contributed by atoms with Crippen LogP contribution in [0.15, 0.2) is 0 Å². The quantitative estimate of drug-likeness (QED) is 0.593. The molecular formula is C16H32O2Si. The predicted molar refractivity (Wildman–Crippen MR) is 82.5 cm³/mol. The molecule has 2 aliphatic rings. The predicted octanol–water partition coefficient (Wildman–Crippen LogP) is 4.13. The van der Waals surface area contributed by atoms with Gasteiger partial charge in [-0.25, -0.2) is 0 Å². The third kappa shape index (κ3) is 4.87. The maximum absolute atomic E-state index is 6.12. The normalized spacial score (nSPS) is 31.3. The first kappa shape index (κ1) is 15.5. The zero-order chi connectivity index (χ0) is 13.7. The van der Waals surface area contributed by atoms with Gasteiger partial charge in [-0.3, -0.25) is 0 Å². The van der Waals surface area contributed by atoms with Crippen LogP contribution in [0.3, 0.4) is 0 Å². The SMILES string of the molecule is CCO[SiH](CCC(C)C)OCCC1CC2CCC1C2. The highest BCUT2D eigenvalue weighted by atomic mass is 28.3. The van der Waals surface area contributed by atoms with E-state index < -0.39 is 9.28 Å². The number of hydrogen-bond acceptors (Lipinski definition) is 2. The van der Waals surface area contributed by atoms with Crippen molar-refractivity contribution >= 4 is 9.28 Å². The monoisotopic (exact) mass is 284 g/mol. The molecule has 2 aliphatic carbocycles. The number of fused-ring (bicyclic) bond motifs is 2. The van der Waals surface area contributed by atoms with Crippen LogP contribution in [0, 0.1) is 23.7 Å². The Morgan fingerprint density at radius 3 is 2.58 bits per heavy atom. The Morgan fingerprint density at radius 2 is 2.00 bits per heavy atom. The molecule has 0 radical (unpaired) electrons. The first-order chi connectivity index (χ1) is 9.19. The fourth-order valence-electron chi connectivity index (χ4n) is 3.95. The maximum Gasteiger partial charge on any atom is 0.321 e. The van der Waals surface area contributed by atoms with Crippen molar-refractivity contribution in [2.75, 3.05) is 13.2 Å². The van der Waals surface area contributed by atoms with Gasteiger partial charge in [0.1, 0.15) is 0 Å². The zero-order valence-corrected chi connectivity index (χ0v) is 14.2. The van der Waals surface area contributed by atoms with Gasteiger partial charge in [0.25, 0.3) is 0 Å². The van der Waals surface area contributed by atoms with Crippen molar-refractivity contribution in [2.45, 2.75) is 65.3 Å². The van der Waals surface area contributed by atoms with Crippen molar-refractivity contribution in [3.05, 3.63) is 0 Å². The van der Waals surface area contributed by atoms with Gasteiger partial charge in [-0.15, -0.1) is 0 Å². The molecule has 0 aromatic heterocycles. The number of rotatable bonds is 9. The van der Waals surface area contributed by atoms with Crippen LogP contribution in [0.1, 0.15) is 59.3 Å². The lowest BCUT2D eigenvalue weighted by Gasteiger charge is -2.23. The highest BCUT2D eigenvalue weighted by Crippen LogP contribution is 2.49. The van der Waals surface area contributed by atoms with E-state index in [1.807, 2.05) is 0 Å². The van der Waals surface area contributed by atoms with E-state index in [0.29, 0.717) is 0 Å². The Kier molecular flexibility index (Phi) is 6.37. The second kappa shape index (κ2) is 7.80. The van der Waals surface area contributed by atoms with Gasteiger partial charge in [-0.2, -0.15) is 0 Å². The van der Waals surface area contributed by atoms with E-state index in [0.717, 1.165) is 36.9 Å². The lowest BCUT2D eigenvalue weighted by atomic mass is 9.87. The summed E-state index contributed by atoms with van der Waals surface area (Å²) in [5, 5.41) is 0. The summed E-state index contributed by atoms with van der Waals surface area (Å²) in [6.07, 6.45) is 8.55. The Hall–Kier alpha value is 0.137. The fraction of sp³-hybridized carbons (Fsp3) is 1.00. The topological polar surface area (TPSA) is 18.5 Å². The average molecular weight is 285 g/mol. The molecule has 2 nitrogen and oxygen atoms in total. The Labute approximate surface area is 121 Å². The Bertz CT molecular complexity index is 257. The minimum atomic E-state index is -1.37. The molecule has 2 fully saturated rings. The molecule has 4 unspecified atom stereocenters. The van der Waals surface area contributed by atoms with Gasteiger partial charge >= 0.3 is 9.28 Å². The third-order valence-electron chi connectivity index (χ3n) is 5.01. The molecule has 19 heavy (non-hydrogen) atoms. The molecule has 0 spiro atoms. The molecule has 4 atom stereocenters. The standard InChI is InChI=1S/C16H32O2Si/c1-4-17-19(10-8-13(2)3)18-9-7-16-12-14-5-6-15(16)11-14/h13-16,19H,4-12H2,1-3H3. The van der Waals surface area contributed by atoms with Gasteiger partial charge in [-0.05, 0) is 68.7 Å². The van der Waals surface area contributed by atoms with E-state index in [-0.39, 0.29) is 0 Å². The van der Waals surface area contributed by atoms with Crippen LogP contribution >= 0.6 is 0 Å². The van der Waals surface area contributed by atoms with E-state index in [9.17, 15) is 0 Å². The lowest BCUT2D eigenvalue weighted by Crippen LogP contribution is -2.25. The summed E-state index contributed by atoms with van der Waals surface area (Å²) in [5.74, 6) is 3.84. The summed E-state index contributed by atoms with van der Waals surface area (Å²) in [7, 11) is -1.37. The first-order valence-electron chi connectivity index (χ1n) is 8.42. The molecule has 2 saturated carbocycles. The van der Waals surface area contributed by atoms with Crippen LogP contribution in [0.2, 0.25) is 6.04 Å². The average Bonchev–Trinajstić information content (AvgIpc) is 2.98. The summed E-state index contributed by atoms with van der Waals surface area (Å²) in [4.78, 5) is 0. The second-order valence-corrected chi connectivity index (χ2v) is 9.05. The molecule has 112 valence electrons. The molecular weight excluding hydrogens is 252 g/mol. The van der Waals surface area contributed by atoms with E-state index in [1.54, 1.807) is 0 Å². The minimum Gasteiger partial charge on any atom is -0.397 e. The van der Waals surface area contributed by atoms with Crippen molar-refractivity contribution < 1.29 is 8.85 Å². The summed E-state index contributed by atoms with van der Waals surface area (Å²) >= 11 is 0. The molecule has 0 aliphatic heterocycles. The van der Waals surface area contributed by atoms with Crippen LogP contribution in [0.25, 0.3) is 0 Å². The zero-order valence-electron chi connectivity index (χ0n) is 13.1. The van der Waals surface area contributed by atoms with Crippen LogP contribution in [0.4, 0.5) is 0 Å². The lowest BCUT2D eigenvalue weighted by molar-refractivity contribution is 0.176. The minimum absolute atomic E-state index is 0.768. The van der Waals surface area contributed by atoms with Gasteiger partial charge in [0.05, 0.1) is 0 Å². The first-order valence-corrected chi connectivity index (χ1v) is 10.2. The number of hydrogen-bond donors (Lipinski definition) is 0. The van der Waals surface area contributed by atoms with E-state index >= 15 is 0 Å². The molecule has 0 N–H and O–H groups in total. The maximum atomic E-state index is 6.12. The van der Waals surface area contributed by atoms with E-state index in [4.69, 9.17) is 8.85 Å². The highest BCUT2D eigenvalue weighted by molar-refractivity contribution is 6.44. The van der Waals surface area contributed by atoms with Gasteiger partial charge < -0.3 is 8.85 Å². The molecule has 0 amide bonds. The second-order valence-electron chi connectivity index (χ2n) is 6.95. The van der Waals surface area contributed by atoms with Crippen molar-refractivity contribution in [3.8, 4) is 0 Å². The van der Waals surface area contributed by atoms with Crippen molar-refractivity contribution in [2.24, 2.45) is 23.7 Å². The fourth-order valence-corrected chi connectivity index (χ4v) is 6.09. The summed E-state index contributed by atoms with van der Waals surface area (Å²) < 4.78 is 12.0. The third-order valence-corrected chi connectivity index (χ3v) is 7.13.